The summed E-state index contributed by atoms with van der Waals surface area (Å²) in [7, 11) is 0. The number of ether oxygens (including phenoxy) is 1. The molecule has 2 aliphatic rings. The minimum Gasteiger partial charge on any atom is -0.430 e. The molecule has 2 aromatic heterocycles. The number of piperidine rings is 1. The largest absolute Gasteiger partial charge is 0.430 e. The Balaban J connectivity index is 1.49. The van der Waals surface area contributed by atoms with Gasteiger partial charge in [0.1, 0.15) is 5.69 Å². The van der Waals surface area contributed by atoms with Crippen molar-refractivity contribution in [3.8, 4) is 0 Å². The number of rotatable bonds is 3. The van der Waals surface area contributed by atoms with Crippen molar-refractivity contribution in [3.63, 3.8) is 0 Å². The number of aromatic nitrogens is 1. The van der Waals surface area contributed by atoms with E-state index in [0.29, 0.717) is 37.3 Å². The Morgan fingerprint density at radius 3 is 2.53 bits per heavy atom. The number of hydrogen-bond donors (Lipinski definition) is 2. The zero-order valence-corrected chi connectivity index (χ0v) is 18.6. The molecular weight excluding hydrogens is 414 g/mol. The van der Waals surface area contributed by atoms with E-state index in [4.69, 9.17) is 14.9 Å². The molecule has 10 nitrogen and oxygen atoms in total. The lowest BCUT2D eigenvalue weighted by Crippen LogP contribution is -2.53. The minimum atomic E-state index is -0.793. The number of nitrogens with two attached hydrogens (primary N) is 1. The maximum Gasteiger partial charge on any atom is 0.321 e. The number of likely N-dealkylation sites (tertiary alicyclic amines) is 1. The van der Waals surface area contributed by atoms with Crippen LogP contribution in [0.1, 0.15) is 42.9 Å². The Morgan fingerprint density at radius 1 is 1.12 bits per heavy atom. The highest BCUT2D eigenvalue weighted by Gasteiger charge is 2.35. The molecule has 0 spiro atoms. The van der Waals surface area contributed by atoms with E-state index in [9.17, 15) is 14.4 Å². The van der Waals surface area contributed by atoms with Crippen LogP contribution in [-0.2, 0) is 9.53 Å². The second kappa shape index (κ2) is 8.78. The van der Waals surface area contributed by atoms with Crippen LogP contribution in [0, 0.1) is 12.8 Å². The summed E-state index contributed by atoms with van der Waals surface area (Å²) in [6, 6.07) is 3.09. The average molecular weight is 444 g/mol. The van der Waals surface area contributed by atoms with Gasteiger partial charge in [-0.1, -0.05) is 0 Å². The SMILES string of the molecule is Cc1ccc2c(NC(=O)N3CCC[C@@H](C(=O)N4CC(C)OC(C)C4)C3)c(C(N)=O)oc2n1. The fourth-order valence-electron chi connectivity index (χ4n) is 4.53. The second-order valence-electron chi connectivity index (χ2n) is 8.69. The first-order chi connectivity index (χ1) is 15.2. The highest BCUT2D eigenvalue weighted by Crippen LogP contribution is 2.31. The van der Waals surface area contributed by atoms with Crippen molar-refractivity contribution in [3.05, 3.63) is 23.6 Å². The minimum absolute atomic E-state index is 0.00969. The molecule has 10 heteroatoms. The van der Waals surface area contributed by atoms with Crippen LogP contribution in [0.4, 0.5) is 10.5 Å². The van der Waals surface area contributed by atoms with Crippen LogP contribution in [0.25, 0.3) is 11.1 Å². The maximum absolute atomic E-state index is 13.1. The van der Waals surface area contributed by atoms with Crippen molar-refractivity contribution in [2.75, 3.05) is 31.5 Å². The molecule has 4 amide bonds. The van der Waals surface area contributed by atoms with Crippen LogP contribution in [0.15, 0.2) is 16.5 Å². The van der Waals surface area contributed by atoms with Crippen molar-refractivity contribution in [1.82, 2.24) is 14.8 Å². The first-order valence-corrected chi connectivity index (χ1v) is 10.9. The van der Waals surface area contributed by atoms with E-state index in [2.05, 4.69) is 10.3 Å². The number of nitrogens with zero attached hydrogens (tertiary/aromatic N) is 3. The van der Waals surface area contributed by atoms with E-state index in [1.165, 1.54) is 0 Å². The number of aryl methyl sites for hydroxylation is 1. The number of nitrogens with one attached hydrogen (secondary N) is 1. The highest BCUT2D eigenvalue weighted by molar-refractivity contribution is 6.09. The van der Waals surface area contributed by atoms with E-state index in [0.717, 1.165) is 12.8 Å². The number of urea groups is 1. The standard InChI is InChI=1S/C22H29N5O5/c1-12-6-7-16-17(18(19(23)28)32-20(16)24-12)25-22(30)26-8-4-5-15(11-26)21(29)27-9-13(2)31-14(3)10-27/h6-7,13-15H,4-5,8-11H2,1-3H3,(H2,23,28)(H,25,30)/t13?,14?,15-/m1/s1. The van der Waals surface area contributed by atoms with E-state index < -0.39 is 11.9 Å². The number of hydrogen-bond acceptors (Lipinski definition) is 6. The fraction of sp³-hybridized carbons (Fsp3) is 0.545. The molecule has 2 fully saturated rings. The number of furan rings is 1. The van der Waals surface area contributed by atoms with Crippen molar-refractivity contribution < 1.29 is 23.5 Å². The fourth-order valence-corrected chi connectivity index (χ4v) is 4.53. The number of morpholine rings is 1. The van der Waals surface area contributed by atoms with Crippen LogP contribution in [0.3, 0.4) is 0 Å². The van der Waals surface area contributed by atoms with Gasteiger partial charge >= 0.3 is 6.03 Å². The predicted octanol–water partition coefficient (Wildman–Crippen LogP) is 2.11. The molecule has 2 aliphatic heterocycles. The van der Waals surface area contributed by atoms with Gasteiger partial charge < -0.3 is 30.0 Å². The van der Waals surface area contributed by atoms with Crippen molar-refractivity contribution in [1.29, 1.82) is 0 Å². The molecule has 32 heavy (non-hydrogen) atoms. The molecule has 2 aromatic rings. The van der Waals surface area contributed by atoms with Gasteiger partial charge in [0.05, 0.1) is 23.5 Å². The van der Waals surface area contributed by atoms with E-state index in [1.807, 2.05) is 18.7 Å². The third-order valence-corrected chi connectivity index (χ3v) is 5.94. The molecule has 3 atom stereocenters. The summed E-state index contributed by atoms with van der Waals surface area (Å²) in [6.07, 6.45) is 1.43. The molecule has 0 bridgehead atoms. The molecule has 0 aliphatic carbocycles. The van der Waals surface area contributed by atoms with Crippen molar-refractivity contribution in [2.45, 2.75) is 45.8 Å². The first-order valence-electron chi connectivity index (χ1n) is 10.9. The number of carbonyl (C=O) groups excluding carboxylic acids is 3. The number of fused-ring (bicyclic) bond motifs is 1. The molecule has 0 radical (unpaired) electrons. The van der Waals surface area contributed by atoms with Gasteiger partial charge in [0.25, 0.3) is 5.91 Å². The van der Waals surface area contributed by atoms with Gasteiger partial charge in [-0.15, -0.1) is 0 Å². The van der Waals surface area contributed by atoms with Gasteiger partial charge in [0.2, 0.25) is 17.4 Å². The topological polar surface area (TPSA) is 131 Å². The van der Waals surface area contributed by atoms with E-state index >= 15 is 0 Å². The lowest BCUT2D eigenvalue weighted by atomic mass is 9.96. The number of carbonyl (C=O) groups is 3. The van der Waals surface area contributed by atoms with Gasteiger partial charge in [-0.2, -0.15) is 0 Å². The molecule has 2 saturated heterocycles. The summed E-state index contributed by atoms with van der Waals surface area (Å²) in [6.45, 7) is 7.65. The van der Waals surface area contributed by atoms with Crippen molar-refractivity contribution >= 4 is 34.6 Å². The van der Waals surface area contributed by atoms with Gasteiger partial charge in [-0.05, 0) is 45.7 Å². The predicted molar refractivity (Wildman–Crippen MR) is 117 cm³/mol. The van der Waals surface area contributed by atoms with Gasteiger partial charge in [0, 0.05) is 31.9 Å². The summed E-state index contributed by atoms with van der Waals surface area (Å²) < 4.78 is 11.2. The maximum atomic E-state index is 13.1. The number of amides is 4. The second-order valence-corrected chi connectivity index (χ2v) is 8.69. The average Bonchev–Trinajstić information content (AvgIpc) is 3.10. The van der Waals surface area contributed by atoms with E-state index in [1.54, 1.807) is 24.0 Å². The third kappa shape index (κ3) is 4.40. The zero-order chi connectivity index (χ0) is 23.0. The molecule has 172 valence electrons. The lowest BCUT2D eigenvalue weighted by molar-refractivity contribution is -0.148. The van der Waals surface area contributed by atoms with Gasteiger partial charge in [0.15, 0.2) is 0 Å². The molecule has 2 unspecified atom stereocenters. The monoisotopic (exact) mass is 443 g/mol. The molecule has 4 heterocycles. The van der Waals surface area contributed by atoms with Crippen LogP contribution >= 0.6 is 0 Å². The molecule has 3 N–H and O–H groups in total. The molecule has 4 rings (SSSR count). The van der Waals surface area contributed by atoms with Crippen LogP contribution < -0.4 is 11.1 Å². The Kier molecular flexibility index (Phi) is 6.05. The summed E-state index contributed by atoms with van der Waals surface area (Å²) in [5, 5.41) is 3.26. The quantitative estimate of drug-likeness (QED) is 0.747. The third-order valence-electron chi connectivity index (χ3n) is 5.94. The van der Waals surface area contributed by atoms with Gasteiger partial charge in [-0.3, -0.25) is 9.59 Å². The summed E-state index contributed by atoms with van der Waals surface area (Å²) >= 11 is 0. The summed E-state index contributed by atoms with van der Waals surface area (Å²) in [5.74, 6) is -1.16. The van der Waals surface area contributed by atoms with Crippen LogP contribution in [-0.4, -0.2) is 71.0 Å². The summed E-state index contributed by atoms with van der Waals surface area (Å²) in [4.78, 5) is 45.7. The smallest absolute Gasteiger partial charge is 0.321 e. The highest BCUT2D eigenvalue weighted by atomic mass is 16.5. The Morgan fingerprint density at radius 2 is 1.84 bits per heavy atom. The Bertz CT molecular complexity index is 1040. The van der Waals surface area contributed by atoms with Gasteiger partial charge in [-0.25, -0.2) is 9.78 Å². The van der Waals surface area contributed by atoms with Crippen LogP contribution in [0.2, 0.25) is 0 Å². The molecule has 0 aromatic carbocycles. The molecular formula is C22H29N5O5. The zero-order valence-electron chi connectivity index (χ0n) is 18.6. The number of anilines is 1. The van der Waals surface area contributed by atoms with E-state index in [-0.39, 0.29) is 41.2 Å². The van der Waals surface area contributed by atoms with Crippen molar-refractivity contribution in [2.24, 2.45) is 11.7 Å². The molecule has 0 saturated carbocycles. The Hall–Kier alpha value is -3.14. The Labute approximate surface area is 186 Å². The summed E-state index contributed by atoms with van der Waals surface area (Å²) in [5.41, 5.74) is 6.60. The number of pyridine rings is 1. The van der Waals surface area contributed by atoms with Crippen LogP contribution in [0.5, 0.6) is 0 Å². The normalized spacial score (nSPS) is 23.9. The lowest BCUT2D eigenvalue weighted by Gasteiger charge is -2.39. The number of primary amides is 1. The first kappa shape index (κ1) is 22.1.